The fourth-order valence-electron chi connectivity index (χ4n) is 2.13. The molecule has 5 heteroatoms. The Morgan fingerprint density at radius 3 is 2.12 bits per heavy atom. The fourth-order valence-corrected chi connectivity index (χ4v) is 2.13. The first-order valence-corrected chi connectivity index (χ1v) is 8.09. The summed E-state index contributed by atoms with van der Waals surface area (Å²) in [7, 11) is 0. The van der Waals surface area contributed by atoms with E-state index in [4.69, 9.17) is 4.74 Å². The van der Waals surface area contributed by atoms with Gasteiger partial charge in [0, 0.05) is 5.92 Å². The van der Waals surface area contributed by atoms with Crippen LogP contribution in [-0.4, -0.2) is 24.4 Å². The van der Waals surface area contributed by atoms with Gasteiger partial charge in [0.05, 0.1) is 6.42 Å². The van der Waals surface area contributed by atoms with E-state index in [0.717, 1.165) is 16.7 Å². The summed E-state index contributed by atoms with van der Waals surface area (Å²) in [6.45, 7) is 2.89. The van der Waals surface area contributed by atoms with Crippen molar-refractivity contribution in [2.75, 3.05) is 6.61 Å². The SMILES string of the molecule is CC(C)C(=O)NC(=O)COC(=O)Cc1ccc(-c2ccccc2)cc1. The summed E-state index contributed by atoms with van der Waals surface area (Å²) in [4.78, 5) is 34.7. The third-order valence-corrected chi connectivity index (χ3v) is 3.56. The summed E-state index contributed by atoms with van der Waals surface area (Å²) in [6, 6.07) is 17.5. The molecule has 0 aliphatic rings. The lowest BCUT2D eigenvalue weighted by Crippen LogP contribution is -2.36. The number of imide groups is 1. The molecule has 2 aromatic rings. The van der Waals surface area contributed by atoms with E-state index in [9.17, 15) is 14.4 Å². The van der Waals surface area contributed by atoms with Gasteiger partial charge in [0.25, 0.3) is 5.91 Å². The number of benzene rings is 2. The van der Waals surface area contributed by atoms with Crippen LogP contribution in [0.5, 0.6) is 0 Å². The van der Waals surface area contributed by atoms with E-state index in [2.05, 4.69) is 5.32 Å². The molecule has 0 saturated heterocycles. The number of carbonyl (C=O) groups is 3. The first kappa shape index (κ1) is 18.4. The molecule has 25 heavy (non-hydrogen) atoms. The smallest absolute Gasteiger partial charge is 0.310 e. The van der Waals surface area contributed by atoms with Crippen molar-refractivity contribution >= 4 is 17.8 Å². The van der Waals surface area contributed by atoms with Crippen LogP contribution in [0.4, 0.5) is 0 Å². The summed E-state index contributed by atoms with van der Waals surface area (Å²) in [5.74, 6) is -1.83. The van der Waals surface area contributed by atoms with Gasteiger partial charge in [-0.05, 0) is 16.7 Å². The molecular formula is C20H21NO4. The van der Waals surface area contributed by atoms with Gasteiger partial charge in [-0.3, -0.25) is 19.7 Å². The quantitative estimate of drug-likeness (QED) is 0.822. The first-order chi connectivity index (χ1) is 12.0. The number of ether oxygens (including phenoxy) is 1. The third-order valence-electron chi connectivity index (χ3n) is 3.56. The van der Waals surface area contributed by atoms with Crippen molar-refractivity contribution in [1.82, 2.24) is 5.32 Å². The van der Waals surface area contributed by atoms with Crippen LogP contribution in [0.2, 0.25) is 0 Å². The van der Waals surface area contributed by atoms with Crippen molar-refractivity contribution in [1.29, 1.82) is 0 Å². The van der Waals surface area contributed by atoms with E-state index in [-0.39, 0.29) is 12.3 Å². The minimum absolute atomic E-state index is 0.0699. The Morgan fingerprint density at radius 2 is 1.52 bits per heavy atom. The van der Waals surface area contributed by atoms with Crippen LogP contribution in [0.1, 0.15) is 19.4 Å². The number of rotatable bonds is 6. The molecule has 0 bridgehead atoms. The molecule has 2 rings (SSSR count). The lowest BCUT2D eigenvalue weighted by molar-refractivity contribution is -0.149. The largest absolute Gasteiger partial charge is 0.455 e. The predicted molar refractivity (Wildman–Crippen MR) is 94.5 cm³/mol. The average Bonchev–Trinajstić information content (AvgIpc) is 2.61. The van der Waals surface area contributed by atoms with Gasteiger partial charge >= 0.3 is 5.97 Å². The van der Waals surface area contributed by atoms with Gasteiger partial charge in [-0.1, -0.05) is 68.4 Å². The van der Waals surface area contributed by atoms with E-state index < -0.39 is 24.4 Å². The first-order valence-electron chi connectivity index (χ1n) is 8.09. The maximum Gasteiger partial charge on any atom is 0.310 e. The Morgan fingerprint density at radius 1 is 0.920 bits per heavy atom. The standard InChI is InChI=1S/C20H21NO4/c1-14(2)20(24)21-18(22)13-25-19(23)12-15-8-10-17(11-9-15)16-6-4-3-5-7-16/h3-11,14H,12-13H2,1-2H3,(H,21,22,24). The second-order valence-electron chi connectivity index (χ2n) is 5.97. The minimum Gasteiger partial charge on any atom is -0.455 e. The van der Waals surface area contributed by atoms with Gasteiger partial charge in [-0.2, -0.15) is 0 Å². The van der Waals surface area contributed by atoms with Crippen molar-refractivity contribution in [2.45, 2.75) is 20.3 Å². The molecule has 0 saturated carbocycles. The zero-order chi connectivity index (χ0) is 18.2. The summed E-state index contributed by atoms with van der Waals surface area (Å²) in [6.07, 6.45) is 0.0699. The average molecular weight is 339 g/mol. The molecule has 0 aliphatic carbocycles. The molecule has 0 unspecified atom stereocenters. The maximum absolute atomic E-state index is 11.8. The highest BCUT2D eigenvalue weighted by molar-refractivity contribution is 5.97. The lowest BCUT2D eigenvalue weighted by Gasteiger charge is -2.08. The number of hydrogen-bond donors (Lipinski definition) is 1. The normalized spacial score (nSPS) is 10.4. The zero-order valence-corrected chi connectivity index (χ0v) is 14.3. The molecule has 0 radical (unpaired) electrons. The Labute approximate surface area is 147 Å². The molecule has 5 nitrogen and oxygen atoms in total. The summed E-state index contributed by atoms with van der Waals surface area (Å²) < 4.78 is 4.90. The van der Waals surface area contributed by atoms with Gasteiger partial charge < -0.3 is 4.74 Å². The molecule has 0 aliphatic heterocycles. The van der Waals surface area contributed by atoms with Gasteiger partial charge in [0.2, 0.25) is 5.91 Å². The summed E-state index contributed by atoms with van der Waals surface area (Å²) in [5.41, 5.74) is 2.95. The monoisotopic (exact) mass is 339 g/mol. The highest BCUT2D eigenvalue weighted by Gasteiger charge is 2.13. The molecule has 0 aromatic heterocycles. The van der Waals surface area contributed by atoms with E-state index in [1.54, 1.807) is 13.8 Å². The van der Waals surface area contributed by atoms with Crippen LogP contribution >= 0.6 is 0 Å². The maximum atomic E-state index is 11.8. The van der Waals surface area contributed by atoms with Crippen molar-refractivity contribution < 1.29 is 19.1 Å². The lowest BCUT2D eigenvalue weighted by atomic mass is 10.0. The van der Waals surface area contributed by atoms with Gasteiger partial charge in [-0.25, -0.2) is 0 Å². The Balaban J connectivity index is 1.83. The number of carbonyl (C=O) groups excluding carboxylic acids is 3. The van der Waals surface area contributed by atoms with Crippen molar-refractivity contribution in [3.63, 3.8) is 0 Å². The van der Waals surface area contributed by atoms with E-state index in [0.29, 0.717) is 0 Å². The molecule has 0 spiro atoms. The second kappa shape index (κ2) is 8.78. The third kappa shape index (κ3) is 5.88. The number of amides is 2. The molecule has 0 heterocycles. The van der Waals surface area contributed by atoms with E-state index in [1.807, 2.05) is 54.6 Å². The molecule has 0 fully saturated rings. The zero-order valence-electron chi connectivity index (χ0n) is 14.3. The van der Waals surface area contributed by atoms with Gasteiger partial charge in [0.1, 0.15) is 0 Å². The Kier molecular flexibility index (Phi) is 6.46. The number of nitrogens with one attached hydrogen (secondary N) is 1. The molecule has 0 atom stereocenters. The number of hydrogen-bond acceptors (Lipinski definition) is 4. The van der Waals surface area contributed by atoms with Crippen molar-refractivity contribution in [3.8, 4) is 11.1 Å². The second-order valence-corrected chi connectivity index (χ2v) is 5.97. The molecule has 130 valence electrons. The van der Waals surface area contributed by atoms with E-state index in [1.165, 1.54) is 0 Å². The van der Waals surface area contributed by atoms with Gasteiger partial charge in [0.15, 0.2) is 6.61 Å². The van der Waals surface area contributed by atoms with Crippen molar-refractivity contribution in [3.05, 3.63) is 60.2 Å². The summed E-state index contributed by atoms with van der Waals surface area (Å²) >= 11 is 0. The van der Waals surface area contributed by atoms with E-state index >= 15 is 0 Å². The van der Waals surface area contributed by atoms with Crippen LogP contribution in [-0.2, 0) is 25.5 Å². The highest BCUT2D eigenvalue weighted by atomic mass is 16.5. The Bertz CT molecular complexity index is 736. The van der Waals surface area contributed by atoms with Crippen molar-refractivity contribution in [2.24, 2.45) is 5.92 Å². The molecular weight excluding hydrogens is 318 g/mol. The van der Waals surface area contributed by atoms with Crippen LogP contribution < -0.4 is 5.32 Å². The van der Waals surface area contributed by atoms with Gasteiger partial charge in [-0.15, -0.1) is 0 Å². The molecule has 1 N–H and O–H groups in total. The van der Waals surface area contributed by atoms with Crippen LogP contribution in [0.15, 0.2) is 54.6 Å². The van der Waals surface area contributed by atoms with Crippen LogP contribution in [0, 0.1) is 5.92 Å². The topological polar surface area (TPSA) is 72.5 Å². The molecule has 2 aromatic carbocycles. The fraction of sp³-hybridized carbons (Fsp3) is 0.250. The highest BCUT2D eigenvalue weighted by Crippen LogP contribution is 2.19. The number of esters is 1. The predicted octanol–water partition coefficient (Wildman–Crippen LogP) is 2.74. The molecule has 2 amide bonds. The Hall–Kier alpha value is -2.95. The minimum atomic E-state index is -0.619. The summed E-state index contributed by atoms with van der Waals surface area (Å²) in [5, 5.41) is 2.17. The van der Waals surface area contributed by atoms with Crippen LogP contribution in [0.3, 0.4) is 0 Å². The van der Waals surface area contributed by atoms with Crippen LogP contribution in [0.25, 0.3) is 11.1 Å².